The van der Waals surface area contributed by atoms with Gasteiger partial charge in [-0.3, -0.25) is 43.0 Å². The molecule has 3 aromatic carbocycles. The van der Waals surface area contributed by atoms with Gasteiger partial charge < -0.3 is 69.2 Å². The molecule has 4 amide bonds. The quantitative estimate of drug-likeness (QED) is 0.0244. The standard InChI is InChI=1S/C70H94F2N14O16S2/c1-4-39-104(92,93)82-56-9-5-8-53(66(56)72)67-68(57-11-17-75-70(73)79-57)103-69(80-67)50-14-21-84(22-15-50)63(90)16-23-95-25-27-97-29-31-99-33-35-101-37-38-102-36-34-100-32-30-98-28-26-96-24-18-74-61(88)46-83-19-12-49(13-20-83)45-85-59-41-54(55(71)40-51(59)42-78-85)52-7-6-10-58-65(52)48(2)81-86(58)47-62(89)76-43-60(87)77-44-64(91)94-3/h5-11,17,40-42,49-50,82H,4,12-16,18-39,43-47H2,1-3H3,(H,74,88)(H,76,89)(H,77,87)(H2,73,75,79). The molecule has 2 aliphatic rings. The zero-order valence-electron chi connectivity index (χ0n) is 59.0. The van der Waals surface area contributed by atoms with E-state index in [0.717, 1.165) is 36.5 Å². The molecule has 0 saturated carbocycles. The Morgan fingerprint density at radius 1 is 0.663 bits per heavy atom. The van der Waals surface area contributed by atoms with Crippen molar-refractivity contribution in [1.82, 2.24) is 60.3 Å². The summed E-state index contributed by atoms with van der Waals surface area (Å²) in [5.74, 6) is -2.69. The lowest BCUT2D eigenvalue weighted by atomic mass is 9.96. The maximum atomic E-state index is 16.0. The number of ether oxygens (including phenoxy) is 9. The number of amides is 4. The number of benzene rings is 3. The van der Waals surface area contributed by atoms with E-state index in [9.17, 15) is 32.4 Å². The highest BCUT2D eigenvalue weighted by Gasteiger charge is 2.30. The van der Waals surface area contributed by atoms with E-state index in [2.05, 4.69) is 50.5 Å². The predicted molar refractivity (Wildman–Crippen MR) is 384 cm³/mol. The number of nitrogen functional groups attached to an aromatic ring is 1. The average Bonchev–Trinajstić information content (AvgIpc) is 1.59. The van der Waals surface area contributed by atoms with Crippen molar-refractivity contribution in [2.45, 2.75) is 71.4 Å². The lowest BCUT2D eigenvalue weighted by Gasteiger charge is -2.31. The molecule has 2 aliphatic heterocycles. The second-order valence-electron chi connectivity index (χ2n) is 24.8. The molecule has 0 unspecified atom stereocenters. The van der Waals surface area contributed by atoms with Crippen LogP contribution in [0.3, 0.4) is 0 Å². The highest BCUT2D eigenvalue weighted by atomic mass is 32.2. The van der Waals surface area contributed by atoms with Crippen LogP contribution in [-0.2, 0) is 89.7 Å². The Hall–Kier alpha value is -8.29. The summed E-state index contributed by atoms with van der Waals surface area (Å²) in [5.41, 5.74) is 9.66. The molecule has 4 aromatic heterocycles. The van der Waals surface area contributed by atoms with Gasteiger partial charge in [0.15, 0.2) is 5.82 Å². The average molecular weight is 1490 g/mol. The number of methoxy groups -OCH3 is 1. The van der Waals surface area contributed by atoms with E-state index in [4.69, 9.17) is 48.6 Å². The van der Waals surface area contributed by atoms with Gasteiger partial charge in [0.2, 0.25) is 39.6 Å². The first-order valence-corrected chi connectivity index (χ1v) is 37.4. The zero-order chi connectivity index (χ0) is 73.6. The molecule has 104 heavy (non-hydrogen) atoms. The van der Waals surface area contributed by atoms with E-state index in [1.165, 1.54) is 41.5 Å². The number of piperidine rings is 2. The minimum atomic E-state index is -3.75. The molecule has 6 heterocycles. The summed E-state index contributed by atoms with van der Waals surface area (Å²) in [6, 6.07) is 14.9. The number of carbonyl (C=O) groups is 5. The van der Waals surface area contributed by atoms with Crippen LogP contribution in [0.25, 0.3) is 54.8 Å². The molecule has 566 valence electrons. The highest BCUT2D eigenvalue weighted by molar-refractivity contribution is 7.92. The first kappa shape index (κ1) is 79.8. The van der Waals surface area contributed by atoms with Gasteiger partial charge in [0.25, 0.3) is 0 Å². The summed E-state index contributed by atoms with van der Waals surface area (Å²) in [6.07, 6.45) is 6.81. The van der Waals surface area contributed by atoms with Crippen molar-refractivity contribution in [3.05, 3.63) is 89.3 Å². The molecule has 2 saturated heterocycles. The smallest absolute Gasteiger partial charge is 0.325 e. The molecule has 0 bridgehead atoms. The third-order valence-corrected chi connectivity index (χ3v) is 20.0. The molecule has 34 heteroatoms. The monoisotopic (exact) mass is 1490 g/mol. The highest BCUT2D eigenvalue weighted by Crippen LogP contribution is 2.43. The largest absolute Gasteiger partial charge is 0.468 e. The molecule has 9 rings (SSSR count). The molecule has 7 aromatic rings. The maximum absolute atomic E-state index is 16.0. The van der Waals surface area contributed by atoms with Crippen LogP contribution < -0.4 is 26.4 Å². The summed E-state index contributed by atoms with van der Waals surface area (Å²) in [6.45, 7) is 12.7. The summed E-state index contributed by atoms with van der Waals surface area (Å²) >= 11 is 1.37. The number of hydrogen-bond donors (Lipinski definition) is 5. The number of sulfonamides is 1. The van der Waals surface area contributed by atoms with Gasteiger partial charge in [-0.05, 0) is 100.0 Å². The number of fused-ring (bicyclic) bond motifs is 2. The van der Waals surface area contributed by atoms with Gasteiger partial charge in [0, 0.05) is 60.2 Å². The van der Waals surface area contributed by atoms with Crippen LogP contribution in [-0.4, -0.2) is 253 Å². The molecule has 6 N–H and O–H groups in total. The fraction of sp³-hybridized carbons (Fsp3) is 0.543. The van der Waals surface area contributed by atoms with Gasteiger partial charge in [0.1, 0.15) is 18.9 Å². The van der Waals surface area contributed by atoms with Crippen molar-refractivity contribution < 1.29 is 83.8 Å². The number of nitrogens with one attached hydrogen (secondary N) is 4. The van der Waals surface area contributed by atoms with Crippen LogP contribution in [0.15, 0.2) is 67.0 Å². The second kappa shape index (κ2) is 41.4. The Kier molecular flexibility index (Phi) is 31.8. The SMILES string of the molecule is CCCS(=O)(=O)Nc1cccc(-c2nc(C3CCN(C(=O)CCOCCOCCOCCOCCOCCOCCOCCOCCNC(=O)CN4CCC(Cn5ncc6cc(F)c(-c7cccc8c7c(C)nn8CC(=O)NCC(=O)NCC(=O)OC)cc65)CC4)CC3)sc2-c2ccnc(N)n2)c1F. The minimum absolute atomic E-state index is 0.00308. The molecule has 2 fully saturated rings. The second-order valence-corrected chi connectivity index (χ2v) is 27.7. The van der Waals surface area contributed by atoms with Crippen LogP contribution >= 0.6 is 11.3 Å². The third-order valence-electron chi connectivity index (χ3n) is 17.2. The van der Waals surface area contributed by atoms with Gasteiger partial charge in [-0.2, -0.15) is 10.2 Å². The number of aromatic nitrogens is 7. The number of nitrogens with zero attached hydrogens (tertiary/aromatic N) is 9. The molecule has 0 atom stereocenters. The number of aryl methyl sites for hydroxylation is 1. The normalized spacial score (nSPS) is 14.0. The number of thiazole rings is 1. The van der Waals surface area contributed by atoms with Crippen molar-refractivity contribution >= 4 is 84.4 Å². The fourth-order valence-corrected chi connectivity index (χ4v) is 14.3. The van der Waals surface area contributed by atoms with Crippen LogP contribution in [0.4, 0.5) is 20.4 Å². The summed E-state index contributed by atoms with van der Waals surface area (Å²) in [5, 5.41) is 19.2. The van der Waals surface area contributed by atoms with Gasteiger partial charge in [0.05, 0.1) is 188 Å². The van der Waals surface area contributed by atoms with Crippen LogP contribution in [0.2, 0.25) is 0 Å². The predicted octanol–water partition coefficient (Wildman–Crippen LogP) is 5.12. The number of halogens is 2. The van der Waals surface area contributed by atoms with Crippen molar-refractivity contribution in [1.29, 1.82) is 0 Å². The van der Waals surface area contributed by atoms with Crippen molar-refractivity contribution in [3.63, 3.8) is 0 Å². The molecular weight excluding hydrogens is 1390 g/mol. The van der Waals surface area contributed by atoms with Crippen LogP contribution in [0.1, 0.15) is 62.1 Å². The lowest BCUT2D eigenvalue weighted by Crippen LogP contribution is -2.42. The Bertz CT molecular complexity index is 4060. The van der Waals surface area contributed by atoms with Gasteiger partial charge in [-0.1, -0.05) is 25.1 Å². The number of rotatable bonds is 45. The molecule has 0 radical (unpaired) electrons. The summed E-state index contributed by atoms with van der Waals surface area (Å²) < 4.78 is 112. The van der Waals surface area contributed by atoms with Crippen molar-refractivity contribution in [2.75, 3.05) is 181 Å². The Balaban J connectivity index is 0.525. The van der Waals surface area contributed by atoms with Crippen LogP contribution in [0, 0.1) is 24.5 Å². The number of hydrogen-bond acceptors (Lipinski definition) is 24. The number of anilines is 2. The topological polar surface area (TPSA) is 357 Å². The van der Waals surface area contributed by atoms with E-state index < -0.39 is 39.4 Å². The van der Waals surface area contributed by atoms with Crippen molar-refractivity contribution in [3.8, 4) is 33.0 Å². The Morgan fingerprint density at radius 3 is 1.90 bits per heavy atom. The minimum Gasteiger partial charge on any atom is -0.468 e. The molecule has 30 nitrogen and oxygen atoms in total. The lowest BCUT2D eigenvalue weighted by molar-refractivity contribution is -0.141. The maximum Gasteiger partial charge on any atom is 0.325 e. The van der Waals surface area contributed by atoms with E-state index in [-0.39, 0.29) is 79.9 Å². The molecule has 0 spiro atoms. The first-order valence-electron chi connectivity index (χ1n) is 35.0. The summed E-state index contributed by atoms with van der Waals surface area (Å²) in [7, 11) is -2.55. The zero-order valence-corrected chi connectivity index (χ0v) is 60.7. The van der Waals surface area contributed by atoms with Gasteiger partial charge in [-0.15, -0.1) is 11.3 Å². The van der Waals surface area contributed by atoms with E-state index in [1.54, 1.807) is 50.4 Å². The van der Waals surface area contributed by atoms with Gasteiger partial charge >= 0.3 is 5.97 Å². The molecule has 0 aliphatic carbocycles. The van der Waals surface area contributed by atoms with Crippen LogP contribution in [0.5, 0.6) is 0 Å². The number of esters is 1. The number of likely N-dealkylation sites (tertiary alicyclic amines) is 2. The van der Waals surface area contributed by atoms with E-state index >= 15 is 8.78 Å². The van der Waals surface area contributed by atoms with E-state index in [1.807, 2.05) is 21.7 Å². The Labute approximate surface area is 606 Å². The third kappa shape index (κ3) is 24.4. The summed E-state index contributed by atoms with van der Waals surface area (Å²) in [4.78, 5) is 79.9. The number of nitrogens with two attached hydrogens (primary N) is 1. The Morgan fingerprint density at radius 2 is 1.27 bits per heavy atom. The number of carbonyl (C=O) groups excluding carboxylic acids is 5. The van der Waals surface area contributed by atoms with Crippen molar-refractivity contribution in [2.24, 2.45) is 5.92 Å². The molecular formula is C70H94F2N14O16S2. The first-order chi connectivity index (χ1) is 50.5. The van der Waals surface area contributed by atoms with E-state index in [0.29, 0.717) is 200 Å². The fourth-order valence-electron chi connectivity index (χ4n) is 12.0. The van der Waals surface area contributed by atoms with Gasteiger partial charge in [-0.25, -0.2) is 32.2 Å².